The Balaban J connectivity index is 1.79. The van der Waals surface area contributed by atoms with Crippen LogP contribution in [-0.4, -0.2) is 26.6 Å². The van der Waals surface area contributed by atoms with Crippen LogP contribution >= 0.6 is 0 Å². The highest BCUT2D eigenvalue weighted by atomic mass is 32.2. The summed E-state index contributed by atoms with van der Waals surface area (Å²) in [4.78, 5) is 12.8. The standard InChI is InChI=1S/C24H25NO3S/c1-18(23(20-9-5-3-6-10-20)21-11-7-4-8-12-21)25-24(26)22-15-13-19(14-16-22)17-29(2,27)28/h3-16,18,23H,17H2,1-2H3,(H,25,26). The molecule has 0 bridgehead atoms. The first-order chi connectivity index (χ1) is 13.8. The summed E-state index contributed by atoms with van der Waals surface area (Å²) in [5.74, 6) is -0.193. The van der Waals surface area contributed by atoms with Crippen LogP contribution in [0.3, 0.4) is 0 Å². The minimum atomic E-state index is -3.10. The van der Waals surface area contributed by atoms with Crippen molar-refractivity contribution in [1.82, 2.24) is 5.32 Å². The minimum absolute atomic E-state index is 0.0193. The van der Waals surface area contributed by atoms with Crippen molar-refractivity contribution in [2.75, 3.05) is 6.26 Å². The van der Waals surface area contributed by atoms with E-state index in [4.69, 9.17) is 0 Å². The van der Waals surface area contributed by atoms with E-state index in [1.165, 1.54) is 6.26 Å². The number of carbonyl (C=O) groups excluding carboxylic acids is 1. The van der Waals surface area contributed by atoms with Crippen molar-refractivity contribution in [3.8, 4) is 0 Å². The number of hydrogen-bond acceptors (Lipinski definition) is 3. The van der Waals surface area contributed by atoms with E-state index in [2.05, 4.69) is 29.6 Å². The Kier molecular flexibility index (Phi) is 6.49. The van der Waals surface area contributed by atoms with Crippen LogP contribution in [0.15, 0.2) is 84.9 Å². The molecule has 0 aliphatic rings. The maximum Gasteiger partial charge on any atom is 0.251 e. The van der Waals surface area contributed by atoms with Crippen LogP contribution in [0.1, 0.15) is 39.9 Å². The van der Waals surface area contributed by atoms with Crippen molar-refractivity contribution in [1.29, 1.82) is 0 Å². The summed E-state index contributed by atoms with van der Waals surface area (Å²) >= 11 is 0. The average Bonchev–Trinajstić information content (AvgIpc) is 2.69. The van der Waals surface area contributed by atoms with Crippen molar-refractivity contribution in [2.45, 2.75) is 24.6 Å². The molecule has 5 heteroatoms. The predicted octanol–water partition coefficient (Wildman–Crippen LogP) is 4.18. The molecule has 29 heavy (non-hydrogen) atoms. The van der Waals surface area contributed by atoms with Gasteiger partial charge in [-0.3, -0.25) is 4.79 Å². The van der Waals surface area contributed by atoms with Gasteiger partial charge in [-0.1, -0.05) is 72.8 Å². The van der Waals surface area contributed by atoms with Crippen LogP contribution in [-0.2, 0) is 15.6 Å². The molecule has 1 atom stereocenters. The maximum atomic E-state index is 12.8. The predicted molar refractivity (Wildman–Crippen MR) is 117 cm³/mol. The summed E-state index contributed by atoms with van der Waals surface area (Å²) < 4.78 is 22.9. The molecule has 0 saturated heterocycles. The molecule has 3 aromatic carbocycles. The zero-order valence-electron chi connectivity index (χ0n) is 16.6. The molecule has 0 aromatic heterocycles. The van der Waals surface area contributed by atoms with E-state index in [0.717, 1.165) is 11.1 Å². The van der Waals surface area contributed by atoms with Crippen molar-refractivity contribution < 1.29 is 13.2 Å². The molecule has 0 radical (unpaired) electrons. The van der Waals surface area contributed by atoms with Crippen molar-refractivity contribution in [2.24, 2.45) is 0 Å². The molecule has 0 saturated carbocycles. The number of rotatable bonds is 7. The average molecular weight is 408 g/mol. The second kappa shape index (κ2) is 9.05. The molecular formula is C24H25NO3S. The van der Waals surface area contributed by atoms with E-state index >= 15 is 0 Å². The molecule has 1 N–H and O–H groups in total. The molecule has 0 spiro atoms. The Morgan fingerprint density at radius 2 is 1.31 bits per heavy atom. The van der Waals surface area contributed by atoms with Gasteiger partial charge in [0.15, 0.2) is 9.84 Å². The minimum Gasteiger partial charge on any atom is -0.349 e. The third kappa shape index (κ3) is 5.78. The third-order valence-electron chi connectivity index (χ3n) is 4.82. The highest BCUT2D eigenvalue weighted by Crippen LogP contribution is 2.28. The topological polar surface area (TPSA) is 63.2 Å². The largest absolute Gasteiger partial charge is 0.349 e. The Labute approximate surface area is 172 Å². The Morgan fingerprint density at radius 1 is 0.828 bits per heavy atom. The van der Waals surface area contributed by atoms with E-state index in [1.807, 2.05) is 43.3 Å². The summed E-state index contributed by atoms with van der Waals surface area (Å²) in [6, 6.07) is 26.8. The Bertz CT molecular complexity index is 1010. The maximum absolute atomic E-state index is 12.8. The summed E-state index contributed by atoms with van der Waals surface area (Å²) in [6.07, 6.45) is 1.20. The van der Waals surface area contributed by atoms with Gasteiger partial charge in [-0.15, -0.1) is 0 Å². The zero-order chi connectivity index (χ0) is 20.9. The molecule has 0 heterocycles. The van der Waals surface area contributed by atoms with Crippen LogP contribution in [0.5, 0.6) is 0 Å². The van der Waals surface area contributed by atoms with Gasteiger partial charge in [0.25, 0.3) is 5.91 Å². The third-order valence-corrected chi connectivity index (χ3v) is 5.68. The molecule has 0 fully saturated rings. The number of benzene rings is 3. The van der Waals surface area contributed by atoms with Crippen LogP contribution in [0, 0.1) is 0 Å². The lowest BCUT2D eigenvalue weighted by Crippen LogP contribution is -2.37. The molecule has 3 rings (SSSR count). The smallest absolute Gasteiger partial charge is 0.251 e. The number of nitrogens with one attached hydrogen (secondary N) is 1. The van der Waals surface area contributed by atoms with Gasteiger partial charge in [0.2, 0.25) is 0 Å². The lowest BCUT2D eigenvalue weighted by molar-refractivity contribution is 0.0937. The summed E-state index contributed by atoms with van der Waals surface area (Å²) in [7, 11) is -3.10. The molecule has 0 aliphatic carbocycles. The monoisotopic (exact) mass is 407 g/mol. The molecule has 150 valence electrons. The van der Waals surface area contributed by atoms with Gasteiger partial charge in [-0.2, -0.15) is 0 Å². The number of amides is 1. The van der Waals surface area contributed by atoms with Gasteiger partial charge in [0, 0.05) is 23.8 Å². The van der Waals surface area contributed by atoms with E-state index in [-0.39, 0.29) is 23.6 Å². The lowest BCUT2D eigenvalue weighted by atomic mass is 9.85. The molecule has 1 amide bonds. The summed E-state index contributed by atoms with van der Waals surface area (Å²) in [6.45, 7) is 2.00. The quantitative estimate of drug-likeness (QED) is 0.639. The van der Waals surface area contributed by atoms with Crippen molar-refractivity contribution in [3.05, 3.63) is 107 Å². The second-order valence-corrected chi connectivity index (χ2v) is 9.47. The van der Waals surface area contributed by atoms with Gasteiger partial charge in [-0.05, 0) is 35.7 Å². The molecule has 0 aliphatic heterocycles. The molecule has 3 aromatic rings. The number of carbonyl (C=O) groups is 1. The van der Waals surface area contributed by atoms with E-state index in [9.17, 15) is 13.2 Å². The number of sulfone groups is 1. The summed E-state index contributed by atoms with van der Waals surface area (Å²) in [5.41, 5.74) is 3.45. The van der Waals surface area contributed by atoms with E-state index < -0.39 is 9.84 Å². The molecule has 1 unspecified atom stereocenters. The van der Waals surface area contributed by atoms with Crippen molar-refractivity contribution in [3.63, 3.8) is 0 Å². The molecular weight excluding hydrogens is 382 g/mol. The van der Waals surface area contributed by atoms with Crippen LogP contribution in [0.25, 0.3) is 0 Å². The first-order valence-electron chi connectivity index (χ1n) is 9.51. The highest BCUT2D eigenvalue weighted by molar-refractivity contribution is 7.89. The fourth-order valence-corrected chi connectivity index (χ4v) is 4.32. The first kappa shape index (κ1) is 20.8. The van der Waals surface area contributed by atoms with Crippen molar-refractivity contribution >= 4 is 15.7 Å². The van der Waals surface area contributed by atoms with Gasteiger partial charge >= 0.3 is 0 Å². The lowest BCUT2D eigenvalue weighted by Gasteiger charge is -2.26. The van der Waals surface area contributed by atoms with Gasteiger partial charge < -0.3 is 5.32 Å². The van der Waals surface area contributed by atoms with Crippen LogP contribution in [0.2, 0.25) is 0 Å². The molecule has 4 nitrogen and oxygen atoms in total. The van der Waals surface area contributed by atoms with Gasteiger partial charge in [0.1, 0.15) is 0 Å². The second-order valence-electron chi connectivity index (χ2n) is 7.33. The fourth-order valence-electron chi connectivity index (χ4n) is 3.52. The highest BCUT2D eigenvalue weighted by Gasteiger charge is 2.23. The van der Waals surface area contributed by atoms with Crippen LogP contribution < -0.4 is 5.32 Å². The van der Waals surface area contributed by atoms with E-state index in [0.29, 0.717) is 11.1 Å². The SMILES string of the molecule is CC(NC(=O)c1ccc(CS(C)(=O)=O)cc1)C(c1ccccc1)c1ccccc1. The Morgan fingerprint density at radius 3 is 1.76 bits per heavy atom. The van der Waals surface area contributed by atoms with Gasteiger partial charge in [0.05, 0.1) is 5.75 Å². The fraction of sp³-hybridized carbons (Fsp3) is 0.208. The zero-order valence-corrected chi connectivity index (χ0v) is 17.4. The van der Waals surface area contributed by atoms with E-state index in [1.54, 1.807) is 24.3 Å². The normalized spacial score (nSPS) is 12.5. The first-order valence-corrected chi connectivity index (χ1v) is 11.6. The number of hydrogen-bond donors (Lipinski definition) is 1. The summed E-state index contributed by atoms with van der Waals surface area (Å²) in [5, 5.41) is 3.10. The van der Waals surface area contributed by atoms with Crippen LogP contribution in [0.4, 0.5) is 0 Å². The van der Waals surface area contributed by atoms with Gasteiger partial charge in [-0.25, -0.2) is 8.42 Å². The Hall–Kier alpha value is -2.92.